The first-order valence-corrected chi connectivity index (χ1v) is 6.06. The standard InChI is InChI=1S/C13H8N4O5/c14-11(18)5-1-2-6-7(3-5)9(17(21)22)4-8-10(6)16-13(20)12(19)15-8/h1-4H,(H2,14,18)(H,15,19)(H,16,20). The summed E-state index contributed by atoms with van der Waals surface area (Å²) in [4.78, 5) is 49.3. The Hall–Kier alpha value is -3.49. The van der Waals surface area contributed by atoms with E-state index in [1.54, 1.807) is 0 Å². The number of amides is 1. The lowest BCUT2D eigenvalue weighted by molar-refractivity contribution is -0.382. The van der Waals surface area contributed by atoms with Gasteiger partial charge in [-0.05, 0) is 12.1 Å². The number of aromatic nitrogens is 2. The SMILES string of the molecule is NC(=O)c1ccc2c(c1)c([N+](=O)[O-])cc1[nH]c(=O)c(=O)[nH]c12. The molecule has 9 nitrogen and oxygen atoms in total. The molecule has 1 heterocycles. The third-order valence-corrected chi connectivity index (χ3v) is 3.29. The van der Waals surface area contributed by atoms with E-state index in [0.29, 0.717) is 5.39 Å². The zero-order chi connectivity index (χ0) is 16.0. The maximum Gasteiger partial charge on any atom is 0.314 e. The average molecular weight is 300 g/mol. The molecule has 3 rings (SSSR count). The van der Waals surface area contributed by atoms with Gasteiger partial charge in [0.05, 0.1) is 21.3 Å². The summed E-state index contributed by atoms with van der Waals surface area (Å²) in [6, 6.07) is 5.22. The first-order chi connectivity index (χ1) is 10.4. The van der Waals surface area contributed by atoms with Gasteiger partial charge < -0.3 is 15.7 Å². The van der Waals surface area contributed by atoms with Crippen LogP contribution in [0.15, 0.2) is 33.9 Å². The minimum atomic E-state index is -0.907. The number of H-pyrrole nitrogens is 2. The lowest BCUT2D eigenvalue weighted by atomic mass is 10.0. The summed E-state index contributed by atoms with van der Waals surface area (Å²) in [6.07, 6.45) is 0. The van der Waals surface area contributed by atoms with Gasteiger partial charge in [0.15, 0.2) is 0 Å². The topological polar surface area (TPSA) is 152 Å². The van der Waals surface area contributed by atoms with Crippen molar-refractivity contribution >= 4 is 33.4 Å². The highest BCUT2D eigenvalue weighted by Gasteiger charge is 2.18. The van der Waals surface area contributed by atoms with Crippen molar-refractivity contribution in [3.63, 3.8) is 0 Å². The van der Waals surface area contributed by atoms with E-state index in [2.05, 4.69) is 9.97 Å². The molecule has 1 aromatic heterocycles. The Labute approximate surface area is 120 Å². The normalized spacial score (nSPS) is 10.9. The van der Waals surface area contributed by atoms with E-state index in [-0.39, 0.29) is 27.7 Å². The molecule has 0 saturated heterocycles. The number of nitrogens with one attached hydrogen (secondary N) is 2. The Kier molecular flexibility index (Phi) is 2.77. The molecular weight excluding hydrogens is 292 g/mol. The van der Waals surface area contributed by atoms with E-state index in [1.165, 1.54) is 18.2 Å². The predicted octanol–water partition coefficient (Wildman–Crippen LogP) is 0.377. The van der Waals surface area contributed by atoms with Crippen LogP contribution >= 0.6 is 0 Å². The van der Waals surface area contributed by atoms with E-state index >= 15 is 0 Å². The molecule has 22 heavy (non-hydrogen) atoms. The van der Waals surface area contributed by atoms with Gasteiger partial charge in [0.1, 0.15) is 0 Å². The number of non-ortho nitro benzene ring substituents is 1. The molecule has 0 bridgehead atoms. The number of benzene rings is 2. The van der Waals surface area contributed by atoms with Gasteiger partial charge in [-0.3, -0.25) is 24.5 Å². The van der Waals surface area contributed by atoms with E-state index < -0.39 is 21.9 Å². The molecule has 9 heteroatoms. The van der Waals surface area contributed by atoms with Crippen LogP contribution in [0.25, 0.3) is 21.8 Å². The first-order valence-electron chi connectivity index (χ1n) is 6.06. The van der Waals surface area contributed by atoms with E-state index in [1.807, 2.05) is 0 Å². The fourth-order valence-corrected chi connectivity index (χ4v) is 2.29. The summed E-state index contributed by atoms with van der Waals surface area (Å²) in [7, 11) is 0. The molecule has 2 aromatic carbocycles. The second kappa shape index (κ2) is 4.52. The van der Waals surface area contributed by atoms with E-state index in [0.717, 1.165) is 6.07 Å². The van der Waals surface area contributed by atoms with Gasteiger partial charge >= 0.3 is 11.1 Å². The highest BCUT2D eigenvalue weighted by molar-refractivity contribution is 6.10. The first kappa shape index (κ1) is 13.5. The number of carbonyl (C=O) groups is 1. The predicted molar refractivity (Wildman–Crippen MR) is 77.9 cm³/mol. The molecule has 110 valence electrons. The number of nitrogens with two attached hydrogens (primary N) is 1. The van der Waals surface area contributed by atoms with Crippen LogP contribution in [0.2, 0.25) is 0 Å². The van der Waals surface area contributed by atoms with E-state index in [9.17, 15) is 24.5 Å². The van der Waals surface area contributed by atoms with Crippen molar-refractivity contribution in [2.24, 2.45) is 5.73 Å². The minimum Gasteiger partial charge on any atom is -0.366 e. The number of hydrogen-bond acceptors (Lipinski definition) is 5. The Morgan fingerprint density at radius 1 is 1.09 bits per heavy atom. The molecule has 0 fully saturated rings. The Morgan fingerprint density at radius 2 is 1.77 bits per heavy atom. The van der Waals surface area contributed by atoms with Gasteiger partial charge in [0.25, 0.3) is 5.69 Å². The van der Waals surface area contributed by atoms with E-state index in [4.69, 9.17) is 5.73 Å². The highest BCUT2D eigenvalue weighted by atomic mass is 16.6. The molecule has 0 aliphatic heterocycles. The number of nitro benzene ring substituents is 1. The van der Waals surface area contributed by atoms with Crippen molar-refractivity contribution in [2.45, 2.75) is 0 Å². The minimum absolute atomic E-state index is 0.0988. The molecule has 0 radical (unpaired) electrons. The van der Waals surface area contributed by atoms with Crippen LogP contribution in [0.1, 0.15) is 10.4 Å². The molecule has 4 N–H and O–H groups in total. The molecule has 0 saturated carbocycles. The number of fused-ring (bicyclic) bond motifs is 3. The van der Waals surface area contributed by atoms with Crippen molar-refractivity contribution in [2.75, 3.05) is 0 Å². The van der Waals surface area contributed by atoms with Gasteiger partial charge in [0.2, 0.25) is 5.91 Å². The van der Waals surface area contributed by atoms with Gasteiger partial charge in [-0.15, -0.1) is 0 Å². The monoisotopic (exact) mass is 300 g/mol. The van der Waals surface area contributed by atoms with Gasteiger partial charge in [-0.25, -0.2) is 0 Å². The zero-order valence-corrected chi connectivity index (χ0v) is 10.9. The fraction of sp³-hybridized carbons (Fsp3) is 0. The summed E-state index contributed by atoms with van der Waals surface area (Å²) in [5.41, 5.74) is 3.54. The average Bonchev–Trinajstić information content (AvgIpc) is 2.47. The van der Waals surface area contributed by atoms with Crippen LogP contribution in [-0.4, -0.2) is 20.8 Å². The third-order valence-electron chi connectivity index (χ3n) is 3.29. The summed E-state index contributed by atoms with van der Waals surface area (Å²) in [6.45, 7) is 0. The molecule has 3 aromatic rings. The van der Waals surface area contributed by atoms with Crippen LogP contribution in [0.3, 0.4) is 0 Å². The Morgan fingerprint density at radius 3 is 2.41 bits per heavy atom. The smallest absolute Gasteiger partial charge is 0.314 e. The zero-order valence-electron chi connectivity index (χ0n) is 10.9. The van der Waals surface area contributed by atoms with Crippen molar-refractivity contribution in [1.29, 1.82) is 0 Å². The quantitative estimate of drug-likeness (QED) is 0.270. The lowest BCUT2D eigenvalue weighted by Gasteiger charge is -2.06. The fourth-order valence-electron chi connectivity index (χ4n) is 2.29. The summed E-state index contributed by atoms with van der Waals surface area (Å²) >= 11 is 0. The molecule has 1 amide bonds. The number of hydrogen-bond donors (Lipinski definition) is 3. The summed E-state index contributed by atoms with van der Waals surface area (Å²) in [5, 5.41) is 11.7. The number of carbonyl (C=O) groups excluding carboxylic acids is 1. The van der Waals surface area contributed by atoms with Crippen molar-refractivity contribution < 1.29 is 9.72 Å². The van der Waals surface area contributed by atoms with Crippen LogP contribution in [0.5, 0.6) is 0 Å². The number of nitrogens with zero attached hydrogens (tertiary/aromatic N) is 1. The van der Waals surface area contributed by atoms with Crippen LogP contribution in [0.4, 0.5) is 5.69 Å². The third kappa shape index (κ3) is 1.92. The van der Waals surface area contributed by atoms with Crippen LogP contribution < -0.4 is 16.9 Å². The Balaban J connectivity index is 2.58. The summed E-state index contributed by atoms with van der Waals surface area (Å²) in [5.74, 6) is -0.730. The molecule has 0 atom stereocenters. The molecule has 0 spiro atoms. The summed E-state index contributed by atoms with van der Waals surface area (Å²) < 4.78 is 0. The van der Waals surface area contributed by atoms with Gasteiger partial charge in [0, 0.05) is 17.0 Å². The van der Waals surface area contributed by atoms with Crippen LogP contribution in [0, 0.1) is 10.1 Å². The van der Waals surface area contributed by atoms with Gasteiger partial charge in [-0.2, -0.15) is 0 Å². The highest BCUT2D eigenvalue weighted by Crippen LogP contribution is 2.31. The van der Waals surface area contributed by atoms with Gasteiger partial charge in [-0.1, -0.05) is 6.07 Å². The largest absolute Gasteiger partial charge is 0.366 e. The maximum atomic E-state index is 11.5. The number of aromatic amines is 2. The number of primary amides is 1. The number of nitro groups is 1. The molecule has 0 unspecified atom stereocenters. The lowest BCUT2D eigenvalue weighted by Crippen LogP contribution is -2.29. The second-order valence-electron chi connectivity index (χ2n) is 4.61. The molecule has 0 aliphatic carbocycles. The Bertz CT molecular complexity index is 1080. The number of rotatable bonds is 2. The molecular formula is C13H8N4O5. The van der Waals surface area contributed by atoms with Crippen LogP contribution in [-0.2, 0) is 0 Å². The van der Waals surface area contributed by atoms with Crippen molar-refractivity contribution in [1.82, 2.24) is 9.97 Å². The second-order valence-corrected chi connectivity index (χ2v) is 4.61. The molecule has 0 aliphatic rings. The maximum absolute atomic E-state index is 11.5. The van der Waals surface area contributed by atoms with Crippen molar-refractivity contribution in [3.8, 4) is 0 Å². The van der Waals surface area contributed by atoms with Crippen molar-refractivity contribution in [3.05, 3.63) is 60.7 Å².